The average Bonchev–Trinajstić information content (AvgIpc) is 1.98. The summed E-state index contributed by atoms with van der Waals surface area (Å²) in [5, 5.41) is 0. The van der Waals surface area contributed by atoms with E-state index in [1.165, 1.54) is 13.8 Å². The smallest absolute Gasteiger partial charge is 0.144 e. The Morgan fingerprint density at radius 1 is 1.00 bits per heavy atom. The first-order chi connectivity index (χ1) is 7.73. The third-order valence-electron chi connectivity index (χ3n) is 0.498. The van der Waals surface area contributed by atoms with E-state index in [2.05, 4.69) is 0 Å². The highest BCUT2D eigenvalue weighted by Crippen LogP contribution is 1.71. The number of ketones is 2. The van der Waals surface area contributed by atoms with Gasteiger partial charge in [0.05, 0.1) is 0 Å². The molecule has 0 amide bonds. The molecule has 5 nitrogen and oxygen atoms in total. The highest BCUT2D eigenvalue weighted by molar-refractivity contribution is 7.89. The third kappa shape index (κ3) is 1550. The van der Waals surface area contributed by atoms with E-state index in [0.717, 1.165) is 12.5 Å². The summed E-state index contributed by atoms with van der Waals surface area (Å²) < 4.78 is 28.8. The minimum atomic E-state index is -2.67. The first-order valence-electron chi connectivity index (χ1n) is 5.10. The predicted octanol–water partition coefficient (Wildman–Crippen LogP) is 1.24. The van der Waals surface area contributed by atoms with E-state index in [9.17, 15) is 22.2 Å². The molecular weight excluding hydrogens is 276 g/mol. The molecule has 0 spiro atoms. The Labute approximate surface area is 114 Å². The van der Waals surface area contributed by atoms with Crippen molar-refractivity contribution >= 4 is 32.2 Å². The quantitative estimate of drug-likeness (QED) is 0.727. The summed E-state index contributed by atoms with van der Waals surface area (Å²) in [5.74, 6) is 0.421. The van der Waals surface area contributed by atoms with Crippen LogP contribution in [0.2, 0.25) is 0 Å². The van der Waals surface area contributed by atoms with Crippen molar-refractivity contribution in [3.63, 3.8) is 0 Å². The van der Waals surface area contributed by atoms with Crippen LogP contribution in [0.5, 0.6) is 0 Å². The molecule has 0 N–H and O–H groups in total. The van der Waals surface area contributed by atoms with Crippen LogP contribution < -0.4 is 0 Å². The maximum absolute atomic E-state index is 9.81. The summed E-state index contributed by atoms with van der Waals surface area (Å²) >= 11 is 0. The molecule has 0 aliphatic heterocycles. The van der Waals surface area contributed by atoms with Crippen molar-refractivity contribution in [3.05, 3.63) is 0 Å². The van der Waals surface area contributed by atoms with E-state index in [-0.39, 0.29) is 11.6 Å². The first-order valence-corrected chi connectivity index (χ1v) is 9.37. The van der Waals surface area contributed by atoms with Gasteiger partial charge in [-0.25, -0.2) is 8.42 Å². The Kier molecular flexibility index (Phi) is 23.8. The van der Waals surface area contributed by atoms with Gasteiger partial charge in [0.1, 0.15) is 21.4 Å². The van der Waals surface area contributed by atoms with Crippen molar-refractivity contribution in [3.8, 4) is 0 Å². The van der Waals surface area contributed by atoms with Gasteiger partial charge in [0, 0.05) is 42.2 Å². The van der Waals surface area contributed by atoms with Crippen molar-refractivity contribution in [2.75, 3.05) is 25.0 Å². The summed E-state index contributed by atoms with van der Waals surface area (Å²) in [6.07, 6.45) is 6.26. The third-order valence-corrected chi connectivity index (χ3v) is 0.498. The molecule has 0 rings (SSSR count). The topological polar surface area (TPSA) is 85.3 Å². The summed E-state index contributed by atoms with van der Waals surface area (Å²) in [6, 6.07) is 0. The first kappa shape index (κ1) is 26.1. The van der Waals surface area contributed by atoms with Crippen LogP contribution in [-0.2, 0) is 30.2 Å². The van der Waals surface area contributed by atoms with Gasteiger partial charge in [0.25, 0.3) is 0 Å². The molecule has 7 heteroatoms. The van der Waals surface area contributed by atoms with Gasteiger partial charge >= 0.3 is 0 Å². The van der Waals surface area contributed by atoms with Crippen LogP contribution in [0, 0.1) is 0 Å². The summed E-state index contributed by atoms with van der Waals surface area (Å²) in [6.45, 7) is 6.49. The largest absolute Gasteiger partial charge is 0.300 e. The fourth-order valence-electron chi connectivity index (χ4n) is 0. The van der Waals surface area contributed by atoms with Crippen molar-refractivity contribution in [2.45, 2.75) is 34.1 Å². The maximum atomic E-state index is 9.81. The van der Waals surface area contributed by atoms with E-state index in [1.54, 1.807) is 19.4 Å². The van der Waals surface area contributed by atoms with E-state index in [0.29, 0.717) is 6.42 Å². The zero-order valence-corrected chi connectivity index (χ0v) is 14.2. The van der Waals surface area contributed by atoms with Crippen LogP contribution in [0.25, 0.3) is 0 Å². The normalized spacial score (nSPS) is 8.72. The predicted molar refractivity (Wildman–Crippen MR) is 78.1 cm³/mol. The van der Waals surface area contributed by atoms with E-state index < -0.39 is 20.6 Å². The van der Waals surface area contributed by atoms with Crippen molar-refractivity contribution < 1.29 is 22.2 Å². The van der Waals surface area contributed by atoms with E-state index in [4.69, 9.17) is 0 Å². The lowest BCUT2D eigenvalue weighted by molar-refractivity contribution is -0.117. The van der Waals surface area contributed by atoms with Crippen LogP contribution in [0.3, 0.4) is 0 Å². The van der Waals surface area contributed by atoms with Gasteiger partial charge in [-0.15, -0.1) is 0 Å². The number of hydrogen-bond donors (Lipinski definition) is 0. The molecule has 0 aromatic rings. The second-order valence-electron chi connectivity index (χ2n) is 3.85. The lowest BCUT2D eigenvalue weighted by atomic mass is 10.4. The number of carbonyl (C=O) groups is 2. The number of Topliss-reactive ketones (excluding diaryl/α,β-unsaturated/α-hetero) is 2. The summed E-state index contributed by atoms with van der Waals surface area (Å²) in [4.78, 5) is 19.3. The Bertz CT molecular complexity index is 303. The number of rotatable bonds is 1. The molecule has 0 aromatic heterocycles. The van der Waals surface area contributed by atoms with Gasteiger partial charge in [-0.2, -0.15) is 0 Å². The molecule has 0 fully saturated rings. The molecule has 18 heavy (non-hydrogen) atoms. The summed E-state index contributed by atoms with van der Waals surface area (Å²) in [5.41, 5.74) is 0. The van der Waals surface area contributed by atoms with Crippen molar-refractivity contribution in [2.24, 2.45) is 0 Å². The zero-order valence-electron chi connectivity index (χ0n) is 12.6. The molecule has 0 saturated carbocycles. The standard InChI is InChI=1S/C4H8O.C3H6O.C2H6O2S.C2H6OS/c1-3-4(2)5;1-3(2)4;1-5(2,3)4;1-4(2)3/h3H2,1-2H3;1-2H3;1-2H3;1-2H3. The molecule has 0 aliphatic carbocycles. The Hall–Kier alpha value is -0.560. The second kappa shape index (κ2) is 16.4. The second-order valence-corrected chi connectivity index (χ2v) is 7.62. The summed E-state index contributed by atoms with van der Waals surface area (Å²) in [7, 11) is -3.28. The molecule has 0 bridgehead atoms. The lowest BCUT2D eigenvalue weighted by Gasteiger charge is -1.71. The van der Waals surface area contributed by atoms with E-state index >= 15 is 0 Å². The number of sulfone groups is 1. The Morgan fingerprint density at radius 3 is 1.06 bits per heavy atom. The van der Waals surface area contributed by atoms with Crippen LogP contribution in [0.15, 0.2) is 0 Å². The van der Waals surface area contributed by atoms with Crippen LogP contribution in [-0.4, -0.2) is 49.2 Å². The molecule has 0 saturated heterocycles. The monoisotopic (exact) mass is 302 g/mol. The molecule has 0 aromatic carbocycles. The Balaban J connectivity index is -0.0000000731. The number of carbonyl (C=O) groups excluding carboxylic acids is 2. The Morgan fingerprint density at radius 2 is 1.06 bits per heavy atom. The number of hydrogen-bond acceptors (Lipinski definition) is 5. The van der Waals surface area contributed by atoms with Gasteiger partial charge in [-0.3, -0.25) is 4.21 Å². The van der Waals surface area contributed by atoms with Crippen LogP contribution in [0.4, 0.5) is 0 Å². The fourth-order valence-corrected chi connectivity index (χ4v) is 0. The molecule has 112 valence electrons. The van der Waals surface area contributed by atoms with Gasteiger partial charge in [0.15, 0.2) is 0 Å². The minimum Gasteiger partial charge on any atom is -0.300 e. The van der Waals surface area contributed by atoms with Gasteiger partial charge in [-0.1, -0.05) is 6.92 Å². The molecule has 0 atom stereocenters. The minimum absolute atomic E-state index is 0.167. The van der Waals surface area contributed by atoms with Crippen LogP contribution >= 0.6 is 0 Å². The molecular formula is C11H26O5S2. The fraction of sp³-hybridized carbons (Fsp3) is 0.818. The van der Waals surface area contributed by atoms with Gasteiger partial charge < -0.3 is 9.59 Å². The molecule has 0 unspecified atom stereocenters. The van der Waals surface area contributed by atoms with Crippen molar-refractivity contribution in [1.82, 2.24) is 0 Å². The zero-order chi connectivity index (χ0) is 15.9. The molecule has 0 aliphatic rings. The average molecular weight is 302 g/mol. The maximum Gasteiger partial charge on any atom is 0.144 e. The van der Waals surface area contributed by atoms with Crippen molar-refractivity contribution in [1.29, 1.82) is 0 Å². The van der Waals surface area contributed by atoms with Gasteiger partial charge in [0.2, 0.25) is 0 Å². The lowest BCUT2D eigenvalue weighted by Crippen LogP contribution is -1.86. The molecule has 0 heterocycles. The highest BCUT2D eigenvalue weighted by Gasteiger charge is 1.79. The SMILES string of the molecule is CC(C)=O.CCC(C)=O.CS(C)(=O)=O.CS(C)=O. The highest BCUT2D eigenvalue weighted by atomic mass is 32.2. The van der Waals surface area contributed by atoms with Gasteiger partial charge in [-0.05, 0) is 20.8 Å². The van der Waals surface area contributed by atoms with E-state index in [1.807, 2.05) is 6.92 Å². The van der Waals surface area contributed by atoms with Crippen LogP contribution in [0.1, 0.15) is 34.1 Å². The molecule has 0 radical (unpaired) electrons.